The van der Waals surface area contributed by atoms with Crippen molar-refractivity contribution in [1.29, 1.82) is 0 Å². The SMILES string of the molecule is CC1=NNC(C)(C)C=C1. The molecule has 50 valence electrons. The maximum atomic E-state index is 4.06. The van der Waals surface area contributed by atoms with Crippen LogP contribution in [0, 0.1) is 0 Å². The van der Waals surface area contributed by atoms with Crippen molar-refractivity contribution in [3.8, 4) is 0 Å². The molecule has 0 fully saturated rings. The molecule has 1 aliphatic rings. The van der Waals surface area contributed by atoms with Crippen molar-refractivity contribution in [2.75, 3.05) is 0 Å². The first-order valence-corrected chi connectivity index (χ1v) is 3.11. The molecule has 0 atom stereocenters. The summed E-state index contributed by atoms with van der Waals surface area (Å²) in [5.41, 5.74) is 4.09. The molecule has 0 amide bonds. The molecule has 0 saturated carbocycles. The number of allylic oxidation sites excluding steroid dienone is 1. The first-order valence-electron chi connectivity index (χ1n) is 3.11. The van der Waals surface area contributed by atoms with Gasteiger partial charge in [-0.1, -0.05) is 6.08 Å². The number of hydrazone groups is 1. The fraction of sp³-hybridized carbons (Fsp3) is 0.571. The van der Waals surface area contributed by atoms with Crippen molar-refractivity contribution in [2.24, 2.45) is 5.10 Å². The van der Waals surface area contributed by atoms with Gasteiger partial charge in [0.15, 0.2) is 0 Å². The molecule has 0 aromatic heterocycles. The summed E-state index contributed by atoms with van der Waals surface area (Å²) < 4.78 is 0. The van der Waals surface area contributed by atoms with Crippen LogP contribution in [0.2, 0.25) is 0 Å². The number of nitrogens with one attached hydrogen (secondary N) is 1. The third-order valence-electron chi connectivity index (χ3n) is 1.26. The molecule has 0 radical (unpaired) electrons. The lowest BCUT2D eigenvalue weighted by molar-refractivity contribution is 0.489. The Hall–Kier alpha value is -0.790. The topological polar surface area (TPSA) is 24.4 Å². The third-order valence-corrected chi connectivity index (χ3v) is 1.26. The Morgan fingerprint density at radius 3 is 2.56 bits per heavy atom. The zero-order valence-corrected chi connectivity index (χ0v) is 6.10. The summed E-state index contributed by atoms with van der Waals surface area (Å²) in [6.45, 7) is 6.14. The van der Waals surface area contributed by atoms with Gasteiger partial charge in [-0.3, -0.25) is 0 Å². The zero-order valence-electron chi connectivity index (χ0n) is 6.10. The van der Waals surface area contributed by atoms with E-state index >= 15 is 0 Å². The summed E-state index contributed by atoms with van der Waals surface area (Å²) in [5, 5.41) is 4.06. The van der Waals surface area contributed by atoms with Gasteiger partial charge in [0.1, 0.15) is 0 Å². The second kappa shape index (κ2) is 1.87. The summed E-state index contributed by atoms with van der Waals surface area (Å²) in [5.74, 6) is 0. The maximum absolute atomic E-state index is 4.06. The minimum Gasteiger partial charge on any atom is -0.300 e. The van der Waals surface area contributed by atoms with Gasteiger partial charge in [0.2, 0.25) is 0 Å². The van der Waals surface area contributed by atoms with Gasteiger partial charge in [-0.25, -0.2) is 0 Å². The lowest BCUT2D eigenvalue weighted by Crippen LogP contribution is -2.35. The Morgan fingerprint density at radius 1 is 1.56 bits per heavy atom. The number of hydrogen-bond donors (Lipinski definition) is 1. The van der Waals surface area contributed by atoms with E-state index in [0.717, 1.165) is 5.71 Å². The largest absolute Gasteiger partial charge is 0.300 e. The van der Waals surface area contributed by atoms with Crippen LogP contribution >= 0.6 is 0 Å². The first kappa shape index (κ1) is 6.33. The molecule has 0 aromatic rings. The standard InChI is InChI=1S/C7H12N2/c1-6-4-5-7(2,3)9-8-6/h4-5,9H,1-3H3. The van der Waals surface area contributed by atoms with E-state index < -0.39 is 0 Å². The summed E-state index contributed by atoms with van der Waals surface area (Å²) in [6, 6.07) is 0. The van der Waals surface area contributed by atoms with E-state index in [4.69, 9.17) is 0 Å². The Morgan fingerprint density at radius 2 is 2.22 bits per heavy atom. The molecule has 2 nitrogen and oxygen atoms in total. The Balaban J connectivity index is 2.70. The van der Waals surface area contributed by atoms with E-state index in [2.05, 4.69) is 30.5 Å². The van der Waals surface area contributed by atoms with Gasteiger partial charge >= 0.3 is 0 Å². The molecule has 0 aliphatic carbocycles. The molecule has 9 heavy (non-hydrogen) atoms. The van der Waals surface area contributed by atoms with Gasteiger partial charge in [0, 0.05) is 0 Å². The lowest BCUT2D eigenvalue weighted by Gasteiger charge is -2.22. The molecule has 0 unspecified atom stereocenters. The Kier molecular flexibility index (Phi) is 1.31. The van der Waals surface area contributed by atoms with Crippen molar-refractivity contribution < 1.29 is 0 Å². The molecule has 1 N–H and O–H groups in total. The molecule has 1 heterocycles. The van der Waals surface area contributed by atoms with Crippen LogP contribution in [0.5, 0.6) is 0 Å². The van der Waals surface area contributed by atoms with E-state index in [1.807, 2.05) is 13.0 Å². The van der Waals surface area contributed by atoms with Crippen molar-refractivity contribution in [2.45, 2.75) is 26.3 Å². The highest BCUT2D eigenvalue weighted by Crippen LogP contribution is 2.07. The molecular formula is C7H12N2. The molecule has 0 saturated heterocycles. The minimum absolute atomic E-state index is 0.0412. The molecule has 1 rings (SSSR count). The average Bonchev–Trinajstić information content (AvgIpc) is 1.78. The summed E-state index contributed by atoms with van der Waals surface area (Å²) in [7, 11) is 0. The van der Waals surface area contributed by atoms with Crippen molar-refractivity contribution in [3.05, 3.63) is 12.2 Å². The fourth-order valence-electron chi connectivity index (χ4n) is 0.636. The van der Waals surface area contributed by atoms with E-state index in [9.17, 15) is 0 Å². The summed E-state index contributed by atoms with van der Waals surface area (Å²) in [4.78, 5) is 0. The molecule has 1 aliphatic heterocycles. The number of hydrogen-bond acceptors (Lipinski definition) is 2. The van der Waals surface area contributed by atoms with Crippen LogP contribution in [0.1, 0.15) is 20.8 Å². The Bertz CT molecular complexity index is 166. The Labute approximate surface area is 55.6 Å². The molecule has 0 spiro atoms. The van der Waals surface area contributed by atoms with Crippen molar-refractivity contribution >= 4 is 5.71 Å². The monoisotopic (exact) mass is 124 g/mol. The predicted molar refractivity (Wildman–Crippen MR) is 39.5 cm³/mol. The molecule has 2 heteroatoms. The van der Waals surface area contributed by atoms with E-state index in [1.54, 1.807) is 0 Å². The van der Waals surface area contributed by atoms with Crippen molar-refractivity contribution in [1.82, 2.24) is 5.43 Å². The van der Waals surface area contributed by atoms with Gasteiger partial charge in [-0.15, -0.1) is 0 Å². The highest BCUT2D eigenvalue weighted by atomic mass is 15.3. The van der Waals surface area contributed by atoms with E-state index in [-0.39, 0.29) is 5.54 Å². The van der Waals surface area contributed by atoms with Crippen LogP contribution in [0.25, 0.3) is 0 Å². The van der Waals surface area contributed by atoms with Gasteiger partial charge in [0.05, 0.1) is 11.3 Å². The zero-order chi connectivity index (χ0) is 6.91. The summed E-state index contributed by atoms with van der Waals surface area (Å²) >= 11 is 0. The smallest absolute Gasteiger partial charge is 0.0675 e. The van der Waals surface area contributed by atoms with Gasteiger partial charge in [-0.2, -0.15) is 5.10 Å². The van der Waals surface area contributed by atoms with Crippen LogP contribution in [0.15, 0.2) is 17.3 Å². The van der Waals surface area contributed by atoms with E-state index in [1.165, 1.54) is 0 Å². The minimum atomic E-state index is 0.0412. The van der Waals surface area contributed by atoms with Crippen LogP contribution in [0.4, 0.5) is 0 Å². The van der Waals surface area contributed by atoms with Gasteiger partial charge in [-0.05, 0) is 26.8 Å². The second-order valence-corrected chi connectivity index (χ2v) is 2.92. The highest BCUT2D eigenvalue weighted by molar-refractivity contribution is 5.93. The predicted octanol–water partition coefficient (Wildman–Crippen LogP) is 1.30. The highest BCUT2D eigenvalue weighted by Gasteiger charge is 2.13. The third kappa shape index (κ3) is 1.56. The maximum Gasteiger partial charge on any atom is 0.0675 e. The fourth-order valence-corrected chi connectivity index (χ4v) is 0.636. The lowest BCUT2D eigenvalue weighted by atomic mass is 10.0. The van der Waals surface area contributed by atoms with Crippen LogP contribution in [0.3, 0.4) is 0 Å². The number of nitrogens with zero attached hydrogens (tertiary/aromatic N) is 1. The van der Waals surface area contributed by atoms with Gasteiger partial charge in [0.25, 0.3) is 0 Å². The quantitative estimate of drug-likeness (QED) is 0.517. The average molecular weight is 124 g/mol. The normalized spacial score (nSPS) is 22.8. The van der Waals surface area contributed by atoms with Crippen molar-refractivity contribution in [3.63, 3.8) is 0 Å². The van der Waals surface area contributed by atoms with Crippen LogP contribution in [-0.4, -0.2) is 11.3 Å². The second-order valence-electron chi connectivity index (χ2n) is 2.92. The van der Waals surface area contributed by atoms with Gasteiger partial charge < -0.3 is 5.43 Å². The number of rotatable bonds is 0. The molecule has 0 aromatic carbocycles. The molecule has 0 bridgehead atoms. The van der Waals surface area contributed by atoms with Crippen LogP contribution < -0.4 is 5.43 Å². The molecular weight excluding hydrogens is 112 g/mol. The first-order chi connectivity index (χ1) is 4.10. The van der Waals surface area contributed by atoms with E-state index in [0.29, 0.717) is 0 Å². The van der Waals surface area contributed by atoms with Crippen LogP contribution in [-0.2, 0) is 0 Å². The summed E-state index contributed by atoms with van der Waals surface area (Å²) in [6.07, 6.45) is 4.13.